The van der Waals surface area contributed by atoms with Crippen LogP contribution in [0, 0.1) is 0 Å². The van der Waals surface area contributed by atoms with Crippen molar-refractivity contribution in [2.75, 3.05) is 55.7 Å². The molecule has 1 aliphatic heterocycles. The SMILES string of the molecule is C=CCNc1ncnc(N2CCN(C)CC2)c1N. The highest BCUT2D eigenvalue weighted by Crippen LogP contribution is 2.26. The molecule has 0 unspecified atom stereocenters. The first-order valence-electron chi connectivity index (χ1n) is 6.11. The van der Waals surface area contributed by atoms with Gasteiger partial charge < -0.3 is 20.9 Å². The molecule has 98 valence electrons. The monoisotopic (exact) mass is 248 g/mol. The zero-order chi connectivity index (χ0) is 13.0. The summed E-state index contributed by atoms with van der Waals surface area (Å²) in [5.41, 5.74) is 6.73. The van der Waals surface area contributed by atoms with Gasteiger partial charge in [-0.15, -0.1) is 6.58 Å². The molecule has 6 nitrogen and oxygen atoms in total. The number of nitrogens with two attached hydrogens (primary N) is 1. The molecule has 6 heteroatoms. The number of nitrogen functional groups attached to an aromatic ring is 1. The van der Waals surface area contributed by atoms with Crippen LogP contribution < -0.4 is 16.0 Å². The van der Waals surface area contributed by atoms with Gasteiger partial charge in [-0.3, -0.25) is 0 Å². The number of hydrogen-bond donors (Lipinski definition) is 2. The third-order valence-corrected chi connectivity index (χ3v) is 3.08. The van der Waals surface area contributed by atoms with Gasteiger partial charge in [-0.25, -0.2) is 9.97 Å². The van der Waals surface area contributed by atoms with E-state index in [1.807, 2.05) is 0 Å². The first-order chi connectivity index (χ1) is 8.72. The first-order valence-corrected chi connectivity index (χ1v) is 6.11. The average Bonchev–Trinajstić information content (AvgIpc) is 2.39. The van der Waals surface area contributed by atoms with E-state index in [1.165, 1.54) is 0 Å². The van der Waals surface area contributed by atoms with Crippen molar-refractivity contribution in [3.8, 4) is 0 Å². The van der Waals surface area contributed by atoms with Gasteiger partial charge in [0.15, 0.2) is 11.6 Å². The average molecular weight is 248 g/mol. The predicted octanol–water partition coefficient (Wildman–Crippen LogP) is 0.409. The summed E-state index contributed by atoms with van der Waals surface area (Å²) in [7, 11) is 2.12. The number of nitrogens with zero attached hydrogens (tertiary/aromatic N) is 4. The predicted molar refractivity (Wildman–Crippen MR) is 74.8 cm³/mol. The lowest BCUT2D eigenvalue weighted by molar-refractivity contribution is 0.312. The minimum absolute atomic E-state index is 0.615. The molecule has 1 aliphatic rings. The van der Waals surface area contributed by atoms with E-state index in [1.54, 1.807) is 12.4 Å². The Bertz CT molecular complexity index is 411. The molecule has 2 heterocycles. The Hall–Kier alpha value is -1.82. The van der Waals surface area contributed by atoms with E-state index in [4.69, 9.17) is 5.73 Å². The number of likely N-dealkylation sites (N-methyl/N-ethyl adjacent to an activating group) is 1. The summed E-state index contributed by atoms with van der Waals surface area (Å²) in [5, 5.41) is 3.12. The molecule has 1 aromatic heterocycles. The van der Waals surface area contributed by atoms with Crippen molar-refractivity contribution in [3.05, 3.63) is 19.0 Å². The zero-order valence-corrected chi connectivity index (χ0v) is 10.8. The minimum atomic E-state index is 0.615. The summed E-state index contributed by atoms with van der Waals surface area (Å²) in [6, 6.07) is 0. The fourth-order valence-corrected chi connectivity index (χ4v) is 1.97. The van der Waals surface area contributed by atoms with Crippen LogP contribution in [0.5, 0.6) is 0 Å². The van der Waals surface area contributed by atoms with E-state index in [2.05, 4.69) is 38.7 Å². The van der Waals surface area contributed by atoms with Gasteiger partial charge >= 0.3 is 0 Å². The van der Waals surface area contributed by atoms with Crippen molar-refractivity contribution >= 4 is 17.3 Å². The summed E-state index contributed by atoms with van der Waals surface area (Å²) in [4.78, 5) is 13.0. The van der Waals surface area contributed by atoms with Gasteiger partial charge in [-0.1, -0.05) is 6.08 Å². The van der Waals surface area contributed by atoms with Gasteiger partial charge in [0.2, 0.25) is 0 Å². The molecule has 1 saturated heterocycles. The molecule has 2 rings (SSSR count). The molecule has 0 aliphatic carbocycles. The first kappa shape index (κ1) is 12.6. The minimum Gasteiger partial charge on any atom is -0.393 e. The van der Waals surface area contributed by atoms with E-state index in [0.717, 1.165) is 32.0 Å². The Kier molecular flexibility index (Phi) is 3.99. The van der Waals surface area contributed by atoms with Crippen molar-refractivity contribution in [1.29, 1.82) is 0 Å². The highest BCUT2D eigenvalue weighted by Gasteiger charge is 2.19. The Labute approximate surface area is 108 Å². The van der Waals surface area contributed by atoms with Gasteiger partial charge in [-0.2, -0.15) is 0 Å². The third kappa shape index (κ3) is 2.70. The summed E-state index contributed by atoms with van der Waals surface area (Å²) >= 11 is 0. The molecule has 0 bridgehead atoms. The third-order valence-electron chi connectivity index (χ3n) is 3.08. The van der Waals surface area contributed by atoms with Crippen LogP contribution in [-0.4, -0.2) is 54.6 Å². The van der Waals surface area contributed by atoms with Crippen molar-refractivity contribution in [2.24, 2.45) is 0 Å². The van der Waals surface area contributed by atoms with Crippen LogP contribution in [0.15, 0.2) is 19.0 Å². The normalized spacial score (nSPS) is 16.6. The van der Waals surface area contributed by atoms with E-state index in [9.17, 15) is 0 Å². The lowest BCUT2D eigenvalue weighted by Gasteiger charge is -2.33. The molecule has 1 fully saturated rings. The van der Waals surface area contributed by atoms with Crippen LogP contribution >= 0.6 is 0 Å². The van der Waals surface area contributed by atoms with Crippen molar-refractivity contribution < 1.29 is 0 Å². The number of rotatable bonds is 4. The van der Waals surface area contributed by atoms with Gasteiger partial charge in [0.25, 0.3) is 0 Å². The molecule has 18 heavy (non-hydrogen) atoms. The quantitative estimate of drug-likeness (QED) is 0.752. The fraction of sp³-hybridized carbons (Fsp3) is 0.500. The summed E-state index contributed by atoms with van der Waals surface area (Å²) in [6.45, 7) is 8.25. The summed E-state index contributed by atoms with van der Waals surface area (Å²) in [5.74, 6) is 1.50. The second-order valence-electron chi connectivity index (χ2n) is 4.42. The number of piperazine rings is 1. The molecular weight excluding hydrogens is 228 g/mol. The number of nitrogens with one attached hydrogen (secondary N) is 1. The van der Waals surface area contributed by atoms with Crippen LogP contribution in [0.3, 0.4) is 0 Å². The van der Waals surface area contributed by atoms with Crippen LogP contribution in [0.2, 0.25) is 0 Å². The second kappa shape index (κ2) is 5.68. The lowest BCUT2D eigenvalue weighted by atomic mass is 10.3. The van der Waals surface area contributed by atoms with Crippen LogP contribution in [0.1, 0.15) is 0 Å². The largest absolute Gasteiger partial charge is 0.393 e. The van der Waals surface area contributed by atoms with Crippen LogP contribution in [-0.2, 0) is 0 Å². The van der Waals surface area contributed by atoms with E-state index >= 15 is 0 Å². The Morgan fingerprint density at radius 3 is 2.78 bits per heavy atom. The second-order valence-corrected chi connectivity index (χ2v) is 4.42. The van der Waals surface area contributed by atoms with Gasteiger partial charge in [-0.05, 0) is 7.05 Å². The molecular formula is C12H20N6. The van der Waals surface area contributed by atoms with E-state index in [0.29, 0.717) is 18.1 Å². The Balaban J connectivity index is 2.15. The molecule has 1 aromatic rings. The standard InChI is InChI=1S/C12H20N6/c1-3-4-14-11-10(13)12(16-9-15-11)18-7-5-17(2)6-8-18/h3,9H,1,4-8,13H2,2H3,(H,14,15,16). The molecule has 0 aromatic carbocycles. The Morgan fingerprint density at radius 2 is 2.11 bits per heavy atom. The maximum absolute atomic E-state index is 6.11. The lowest BCUT2D eigenvalue weighted by Crippen LogP contribution is -2.45. The molecule has 0 amide bonds. The summed E-state index contributed by atoms with van der Waals surface area (Å²) < 4.78 is 0. The fourth-order valence-electron chi connectivity index (χ4n) is 1.97. The van der Waals surface area contributed by atoms with Crippen LogP contribution in [0.25, 0.3) is 0 Å². The smallest absolute Gasteiger partial charge is 0.157 e. The number of anilines is 3. The van der Waals surface area contributed by atoms with E-state index in [-0.39, 0.29) is 0 Å². The molecule has 0 saturated carbocycles. The highest BCUT2D eigenvalue weighted by atomic mass is 15.3. The van der Waals surface area contributed by atoms with Crippen molar-refractivity contribution in [2.45, 2.75) is 0 Å². The molecule has 0 atom stereocenters. The summed E-state index contributed by atoms with van der Waals surface area (Å²) in [6.07, 6.45) is 3.33. The van der Waals surface area contributed by atoms with Crippen molar-refractivity contribution in [3.63, 3.8) is 0 Å². The number of aromatic nitrogens is 2. The highest BCUT2D eigenvalue weighted by molar-refractivity contribution is 5.75. The molecule has 3 N–H and O–H groups in total. The molecule has 0 spiro atoms. The molecule has 0 radical (unpaired) electrons. The van der Waals surface area contributed by atoms with Crippen LogP contribution in [0.4, 0.5) is 17.3 Å². The number of hydrogen-bond acceptors (Lipinski definition) is 6. The van der Waals surface area contributed by atoms with Crippen molar-refractivity contribution in [1.82, 2.24) is 14.9 Å². The van der Waals surface area contributed by atoms with Gasteiger partial charge in [0.1, 0.15) is 12.0 Å². The maximum Gasteiger partial charge on any atom is 0.157 e. The topological polar surface area (TPSA) is 70.3 Å². The zero-order valence-electron chi connectivity index (χ0n) is 10.8. The maximum atomic E-state index is 6.11. The van der Waals surface area contributed by atoms with Gasteiger partial charge in [0.05, 0.1) is 0 Å². The van der Waals surface area contributed by atoms with E-state index < -0.39 is 0 Å². The Morgan fingerprint density at radius 1 is 1.39 bits per heavy atom. The van der Waals surface area contributed by atoms with Gasteiger partial charge in [0, 0.05) is 32.7 Å².